The molecule has 2 N–H and O–H groups in total. The molecular weight excluding hydrogens is 569 g/mol. The molecule has 0 aromatic heterocycles. The molecule has 1 fully saturated rings. The molecule has 2 aliphatic heterocycles. The summed E-state index contributed by atoms with van der Waals surface area (Å²) in [5, 5.41) is 5.33. The highest BCUT2D eigenvalue weighted by atomic mass is 32.2. The molecule has 0 bridgehead atoms. The van der Waals surface area contributed by atoms with Gasteiger partial charge < -0.3 is 15.5 Å². The maximum Gasteiger partial charge on any atom is 0.324 e. The number of benzene rings is 3. The Morgan fingerprint density at radius 2 is 1.33 bits per heavy atom. The Morgan fingerprint density at radius 3 is 1.98 bits per heavy atom. The number of amides is 4. The number of hydrogen-bond donors (Lipinski definition) is 2. The first-order valence-electron chi connectivity index (χ1n) is 14.5. The summed E-state index contributed by atoms with van der Waals surface area (Å²) in [6.45, 7) is 11.1. The number of carbonyl (C=O) groups excluding carboxylic acids is 2. The van der Waals surface area contributed by atoms with Crippen LogP contribution in [0.5, 0.6) is 0 Å². The average Bonchev–Trinajstić information content (AvgIpc) is 3.00. The summed E-state index contributed by atoms with van der Waals surface area (Å²) in [5.41, 5.74) is 6.77. The van der Waals surface area contributed by atoms with Crippen molar-refractivity contribution in [2.24, 2.45) is 0 Å². The Hall–Kier alpha value is -3.96. The van der Waals surface area contributed by atoms with E-state index in [0.717, 1.165) is 33.4 Å². The van der Waals surface area contributed by atoms with Gasteiger partial charge in [0.05, 0.1) is 16.3 Å². The summed E-state index contributed by atoms with van der Waals surface area (Å²) in [6, 6.07) is 10.5. The first-order chi connectivity index (χ1) is 20.4. The molecule has 0 atom stereocenters. The minimum atomic E-state index is -3.74. The van der Waals surface area contributed by atoms with Crippen LogP contribution in [0, 0.1) is 40.4 Å². The number of nitrogens with one attached hydrogen (secondary N) is 2. The lowest BCUT2D eigenvalue weighted by Gasteiger charge is -2.39. The van der Waals surface area contributed by atoms with E-state index in [2.05, 4.69) is 10.6 Å². The number of fused-ring (bicyclic) bond motifs is 1. The number of anilines is 3. The first kappa shape index (κ1) is 30.5. The van der Waals surface area contributed by atoms with Gasteiger partial charge >= 0.3 is 12.1 Å². The van der Waals surface area contributed by atoms with Crippen LogP contribution in [0.25, 0.3) is 0 Å². The molecule has 0 spiro atoms. The van der Waals surface area contributed by atoms with Gasteiger partial charge in [0, 0.05) is 38.4 Å². The van der Waals surface area contributed by atoms with Crippen LogP contribution in [0.4, 0.5) is 31.0 Å². The lowest BCUT2D eigenvalue weighted by molar-refractivity contribution is 0.177. The predicted octanol–water partition coefficient (Wildman–Crippen LogP) is 5.89. The van der Waals surface area contributed by atoms with E-state index in [1.54, 1.807) is 34.1 Å². The molecule has 228 valence electrons. The molecule has 9 nitrogen and oxygen atoms in total. The van der Waals surface area contributed by atoms with Crippen molar-refractivity contribution < 1.29 is 22.4 Å². The Bertz CT molecular complexity index is 1670. The van der Waals surface area contributed by atoms with Crippen molar-refractivity contribution in [3.8, 4) is 0 Å². The van der Waals surface area contributed by atoms with Crippen molar-refractivity contribution >= 4 is 39.1 Å². The average molecular weight is 608 g/mol. The molecule has 0 radical (unpaired) electrons. The number of rotatable bonds is 4. The van der Waals surface area contributed by atoms with Crippen LogP contribution in [0.1, 0.15) is 39.8 Å². The van der Waals surface area contributed by atoms with E-state index >= 15 is 0 Å². The third kappa shape index (κ3) is 5.71. The van der Waals surface area contributed by atoms with Crippen LogP contribution in [-0.4, -0.2) is 62.4 Å². The first-order valence-corrected chi connectivity index (χ1v) is 15.9. The van der Waals surface area contributed by atoms with Gasteiger partial charge in [0.15, 0.2) is 0 Å². The number of carbonyl (C=O) groups is 2. The van der Waals surface area contributed by atoms with Gasteiger partial charge in [-0.3, -0.25) is 4.90 Å². The summed E-state index contributed by atoms with van der Waals surface area (Å²) in [7, 11) is -3.74. The molecule has 11 heteroatoms. The fourth-order valence-electron chi connectivity index (χ4n) is 6.05. The molecule has 3 aromatic rings. The van der Waals surface area contributed by atoms with Gasteiger partial charge in [0.1, 0.15) is 5.82 Å². The second-order valence-corrected chi connectivity index (χ2v) is 13.1. The van der Waals surface area contributed by atoms with Crippen molar-refractivity contribution in [3.05, 3.63) is 81.7 Å². The van der Waals surface area contributed by atoms with Crippen molar-refractivity contribution in [1.82, 2.24) is 9.21 Å². The predicted molar refractivity (Wildman–Crippen MR) is 167 cm³/mol. The van der Waals surface area contributed by atoms with E-state index < -0.39 is 21.9 Å². The summed E-state index contributed by atoms with van der Waals surface area (Å²) in [6.07, 6.45) is 1.36. The normalized spacial score (nSPS) is 15.7. The van der Waals surface area contributed by atoms with Crippen LogP contribution < -0.4 is 15.5 Å². The summed E-state index contributed by atoms with van der Waals surface area (Å²) >= 11 is 0. The molecule has 2 aliphatic rings. The number of para-hydroxylation sites is 1. The number of halogens is 1. The zero-order chi connectivity index (χ0) is 31.1. The van der Waals surface area contributed by atoms with Gasteiger partial charge in [-0.05, 0) is 105 Å². The van der Waals surface area contributed by atoms with Crippen molar-refractivity contribution in [2.45, 2.75) is 52.4 Å². The van der Waals surface area contributed by atoms with E-state index in [1.807, 2.05) is 40.7 Å². The second kappa shape index (κ2) is 12.0. The Morgan fingerprint density at radius 1 is 0.744 bits per heavy atom. The molecule has 5 rings (SSSR count). The van der Waals surface area contributed by atoms with Crippen LogP contribution in [0.2, 0.25) is 0 Å². The SMILES string of the molecule is Cc1c(C)c(C)c(S(=O)(=O)N2CCN(C(=O)N3CCCc4c(NC(=O)Nc5ccccc5F)cccc43)CC2)c(C)c1C. The maximum atomic E-state index is 14.0. The van der Waals surface area contributed by atoms with Gasteiger partial charge in [-0.1, -0.05) is 18.2 Å². The van der Waals surface area contributed by atoms with Crippen LogP contribution in [0.3, 0.4) is 0 Å². The summed E-state index contributed by atoms with van der Waals surface area (Å²) in [5.74, 6) is -0.535. The molecule has 3 aromatic carbocycles. The highest BCUT2D eigenvalue weighted by Gasteiger charge is 2.35. The molecule has 2 heterocycles. The summed E-state index contributed by atoms with van der Waals surface area (Å²) < 4.78 is 43.1. The lowest BCUT2D eigenvalue weighted by Crippen LogP contribution is -2.55. The number of nitrogens with zero attached hydrogens (tertiary/aromatic N) is 3. The molecule has 4 amide bonds. The zero-order valence-corrected chi connectivity index (χ0v) is 26.1. The third-order valence-electron chi connectivity index (χ3n) is 8.89. The molecule has 1 saturated heterocycles. The fraction of sp³-hybridized carbons (Fsp3) is 0.375. The maximum absolute atomic E-state index is 14.0. The summed E-state index contributed by atoms with van der Waals surface area (Å²) in [4.78, 5) is 30.2. The van der Waals surface area contributed by atoms with E-state index in [4.69, 9.17) is 0 Å². The number of hydrogen-bond acceptors (Lipinski definition) is 4. The smallest absolute Gasteiger partial charge is 0.322 e. The standard InChI is InChI=1S/C32H38FN5O4S/c1-20-21(2)23(4)30(24(5)22(20)3)43(41,42)37-18-16-36(17-19-37)32(40)38-15-9-10-25-27(13-8-14-29(25)38)34-31(39)35-28-12-7-6-11-26(28)33/h6-8,11-14H,9-10,15-19H2,1-5H3,(H2,34,35,39). The van der Waals surface area contributed by atoms with E-state index in [9.17, 15) is 22.4 Å². The van der Waals surface area contributed by atoms with E-state index in [0.29, 0.717) is 35.7 Å². The Balaban J connectivity index is 1.29. The second-order valence-electron chi connectivity index (χ2n) is 11.2. The lowest BCUT2D eigenvalue weighted by atomic mass is 9.95. The zero-order valence-electron chi connectivity index (χ0n) is 25.3. The van der Waals surface area contributed by atoms with Crippen molar-refractivity contribution in [2.75, 3.05) is 48.3 Å². The van der Waals surface area contributed by atoms with Crippen molar-refractivity contribution in [3.63, 3.8) is 0 Å². The number of piperazine rings is 1. The van der Waals surface area contributed by atoms with Crippen LogP contribution in [0.15, 0.2) is 47.4 Å². The minimum absolute atomic E-state index is 0.0701. The topological polar surface area (TPSA) is 102 Å². The van der Waals surface area contributed by atoms with Gasteiger partial charge in [-0.25, -0.2) is 22.4 Å². The number of sulfonamides is 1. The number of urea groups is 2. The van der Waals surface area contributed by atoms with Gasteiger partial charge in [0.25, 0.3) is 0 Å². The fourth-order valence-corrected chi connectivity index (χ4v) is 8.03. The van der Waals surface area contributed by atoms with E-state index in [1.165, 1.54) is 16.4 Å². The Labute approximate surface area is 252 Å². The van der Waals surface area contributed by atoms with Crippen LogP contribution in [-0.2, 0) is 16.4 Å². The van der Waals surface area contributed by atoms with Crippen LogP contribution >= 0.6 is 0 Å². The van der Waals surface area contributed by atoms with Crippen molar-refractivity contribution in [1.29, 1.82) is 0 Å². The Kier molecular flexibility index (Phi) is 8.49. The molecule has 0 saturated carbocycles. The quantitative estimate of drug-likeness (QED) is 0.386. The highest BCUT2D eigenvalue weighted by molar-refractivity contribution is 7.89. The highest BCUT2D eigenvalue weighted by Crippen LogP contribution is 2.35. The minimum Gasteiger partial charge on any atom is -0.322 e. The molecular formula is C32H38FN5O4S. The molecule has 0 unspecified atom stereocenters. The monoisotopic (exact) mass is 607 g/mol. The van der Waals surface area contributed by atoms with Gasteiger partial charge in [-0.15, -0.1) is 0 Å². The van der Waals surface area contributed by atoms with E-state index in [-0.39, 0.29) is 37.9 Å². The molecule has 43 heavy (non-hydrogen) atoms. The third-order valence-corrected chi connectivity index (χ3v) is 11.1. The largest absolute Gasteiger partial charge is 0.324 e. The molecule has 0 aliphatic carbocycles. The van der Waals surface area contributed by atoms with Gasteiger partial charge in [-0.2, -0.15) is 4.31 Å². The van der Waals surface area contributed by atoms with Gasteiger partial charge in [0.2, 0.25) is 10.0 Å².